The Morgan fingerprint density at radius 2 is 1.60 bits per heavy atom. The van der Waals surface area contributed by atoms with E-state index in [1.165, 1.54) is 0 Å². The minimum Gasteiger partial charge on any atom is -0.390 e. The first-order valence-electron chi connectivity index (χ1n) is 16.8. The largest absolute Gasteiger partial charge is 0.390 e. The Labute approximate surface area is 253 Å². The summed E-state index contributed by atoms with van der Waals surface area (Å²) < 4.78 is 26.4. The van der Waals surface area contributed by atoms with Crippen molar-refractivity contribution in [2.24, 2.45) is 28.6 Å². The van der Waals surface area contributed by atoms with Gasteiger partial charge < -0.3 is 29.2 Å². The lowest BCUT2D eigenvalue weighted by Crippen LogP contribution is -2.62. The topological polar surface area (TPSA) is 94.5 Å². The zero-order valence-corrected chi connectivity index (χ0v) is 27.5. The van der Waals surface area contributed by atoms with Gasteiger partial charge in [0.25, 0.3) is 0 Å². The van der Waals surface area contributed by atoms with Gasteiger partial charge in [0.2, 0.25) is 0 Å². The van der Waals surface area contributed by atoms with Crippen LogP contribution < -0.4 is 0 Å². The number of fused-ring (bicyclic) bond motifs is 6. The number of hydrogen-bond acceptors (Lipinski definition) is 7. The average molecular weight is 589 g/mol. The maximum Gasteiger partial charge on any atom is 0.166 e. The second-order valence-corrected chi connectivity index (χ2v) is 16.5. The lowest BCUT2D eigenvalue weighted by Gasteiger charge is -2.60. The van der Waals surface area contributed by atoms with Gasteiger partial charge in [0.1, 0.15) is 0 Å². The van der Waals surface area contributed by atoms with Gasteiger partial charge in [0, 0.05) is 11.3 Å². The van der Waals surface area contributed by atoms with E-state index in [0.717, 1.165) is 44.1 Å². The van der Waals surface area contributed by atoms with E-state index in [9.17, 15) is 15.0 Å². The fraction of sp³-hybridized carbons (Fsp3) is 0.914. The lowest BCUT2D eigenvalue weighted by atomic mass is 9.45. The van der Waals surface area contributed by atoms with Crippen molar-refractivity contribution in [3.63, 3.8) is 0 Å². The minimum atomic E-state index is -1.08. The lowest BCUT2D eigenvalue weighted by molar-refractivity contribution is -0.200. The van der Waals surface area contributed by atoms with Crippen LogP contribution in [0.5, 0.6) is 0 Å². The number of aliphatic hydroxyl groups is 2. The van der Waals surface area contributed by atoms with Crippen LogP contribution in [0.1, 0.15) is 127 Å². The van der Waals surface area contributed by atoms with E-state index in [1.54, 1.807) is 0 Å². The summed E-state index contributed by atoms with van der Waals surface area (Å²) in [5.74, 6) is -1.08. The fourth-order valence-electron chi connectivity index (χ4n) is 10.6. The molecule has 2 heterocycles. The highest BCUT2D eigenvalue weighted by Gasteiger charge is 2.72. The summed E-state index contributed by atoms with van der Waals surface area (Å²) >= 11 is 0. The molecule has 4 aliphatic carbocycles. The molecule has 2 saturated heterocycles. The zero-order valence-electron chi connectivity index (χ0n) is 27.5. The molecular weight excluding hydrogens is 532 g/mol. The molecule has 0 amide bonds. The normalized spacial score (nSPS) is 53.8. The summed E-state index contributed by atoms with van der Waals surface area (Å²) in [5, 5.41) is 23.4. The Morgan fingerprint density at radius 3 is 2.24 bits per heavy atom. The third-order valence-electron chi connectivity index (χ3n) is 13.3. The molecule has 1 unspecified atom stereocenters. The minimum absolute atomic E-state index is 0.0196. The maximum atomic E-state index is 13.9. The van der Waals surface area contributed by atoms with E-state index < -0.39 is 33.8 Å². The standard InChI is InChI=1S/C35H56O7/c1-10-32(7)39-25-19-23-24(36)18-22-21(30(23,5)20-26(25)40-32)12-16-31(6)27(13-17-35(22,31)38)34(9)28(14-15-29(3,4)37)41-33(8,11-2)42-34/h18,21,23,25-28,37-38H,10-17,19-20H2,1-9H3/t21-,23-,25+,26-,27-,28+,30+,31+,32?,33+,34+,35+/m0/s1. The van der Waals surface area contributed by atoms with Gasteiger partial charge in [-0.15, -0.1) is 0 Å². The number of ether oxygens (including phenoxy) is 4. The van der Waals surface area contributed by atoms with Crippen molar-refractivity contribution >= 4 is 5.78 Å². The van der Waals surface area contributed by atoms with Gasteiger partial charge in [-0.3, -0.25) is 4.79 Å². The van der Waals surface area contributed by atoms with E-state index >= 15 is 0 Å². The maximum absolute atomic E-state index is 13.9. The molecule has 7 nitrogen and oxygen atoms in total. The highest BCUT2D eigenvalue weighted by atomic mass is 16.8. The fourth-order valence-corrected chi connectivity index (χ4v) is 10.6. The highest BCUT2D eigenvalue weighted by molar-refractivity contribution is 5.95. The van der Waals surface area contributed by atoms with Crippen LogP contribution in [-0.4, -0.2) is 62.7 Å². The Hall–Kier alpha value is -0.830. The van der Waals surface area contributed by atoms with Crippen molar-refractivity contribution in [2.75, 3.05) is 0 Å². The van der Waals surface area contributed by atoms with Gasteiger partial charge in [-0.05, 0) is 128 Å². The van der Waals surface area contributed by atoms with Gasteiger partial charge in [0.15, 0.2) is 17.4 Å². The van der Waals surface area contributed by atoms with Crippen LogP contribution in [0.15, 0.2) is 11.6 Å². The van der Waals surface area contributed by atoms with Crippen LogP contribution >= 0.6 is 0 Å². The first-order chi connectivity index (χ1) is 19.4. The molecule has 0 aromatic carbocycles. The van der Waals surface area contributed by atoms with Crippen molar-refractivity contribution in [2.45, 2.75) is 173 Å². The van der Waals surface area contributed by atoms with Crippen LogP contribution in [-0.2, 0) is 23.7 Å². The summed E-state index contributed by atoms with van der Waals surface area (Å²) in [6.07, 6.45) is 9.08. The predicted molar refractivity (Wildman–Crippen MR) is 159 cm³/mol. The molecule has 2 aliphatic heterocycles. The van der Waals surface area contributed by atoms with Crippen molar-refractivity contribution < 1.29 is 34.0 Å². The molecule has 0 aromatic heterocycles. The predicted octanol–water partition coefficient (Wildman–Crippen LogP) is 6.23. The number of carbonyl (C=O) groups excluding carboxylic acids is 1. The number of carbonyl (C=O) groups is 1. The second kappa shape index (κ2) is 9.59. The van der Waals surface area contributed by atoms with E-state index in [2.05, 4.69) is 34.6 Å². The summed E-state index contributed by atoms with van der Waals surface area (Å²) in [7, 11) is 0. The number of allylic oxidation sites excluding steroid dienone is 1. The van der Waals surface area contributed by atoms with Gasteiger partial charge >= 0.3 is 0 Å². The summed E-state index contributed by atoms with van der Waals surface area (Å²) in [4.78, 5) is 13.9. The quantitative estimate of drug-likeness (QED) is 0.380. The number of rotatable bonds is 6. The second-order valence-electron chi connectivity index (χ2n) is 16.5. The molecule has 6 aliphatic rings. The third kappa shape index (κ3) is 4.38. The molecule has 7 heteroatoms. The highest BCUT2D eigenvalue weighted by Crippen LogP contribution is 2.70. The SMILES string of the molecule is CCC1(C)O[C@H]2C[C@@]3(C)[C@@H](C[C@H]2O1)C(=O)C=C1[C@@H]3CC[C@]2(C)[C@@H]([C@@]3(C)O[C@](C)(CC)O[C@@H]3CCC(C)(C)O)CC[C@@]12O. The smallest absolute Gasteiger partial charge is 0.166 e. The van der Waals surface area contributed by atoms with Crippen molar-refractivity contribution in [1.82, 2.24) is 0 Å². The van der Waals surface area contributed by atoms with Gasteiger partial charge in [-0.2, -0.15) is 0 Å². The van der Waals surface area contributed by atoms with E-state index in [0.29, 0.717) is 25.7 Å². The van der Waals surface area contributed by atoms with Crippen LogP contribution in [0.3, 0.4) is 0 Å². The molecule has 0 radical (unpaired) electrons. The summed E-state index contributed by atoms with van der Waals surface area (Å²) in [6, 6.07) is 0. The molecule has 0 spiro atoms. The molecule has 0 aromatic rings. The monoisotopic (exact) mass is 588 g/mol. The van der Waals surface area contributed by atoms with Gasteiger partial charge in [-0.25, -0.2) is 0 Å². The number of ketones is 1. The van der Waals surface area contributed by atoms with E-state index in [1.807, 2.05) is 33.8 Å². The van der Waals surface area contributed by atoms with Crippen molar-refractivity contribution in [3.8, 4) is 0 Å². The summed E-state index contributed by atoms with van der Waals surface area (Å²) in [5.41, 5.74) is -2.28. The van der Waals surface area contributed by atoms with Gasteiger partial charge in [-0.1, -0.05) is 27.7 Å². The average Bonchev–Trinajstić information content (AvgIpc) is 3.47. The number of hydrogen-bond donors (Lipinski definition) is 2. The Kier molecular flexibility index (Phi) is 7.12. The Balaban J connectivity index is 1.33. The molecule has 42 heavy (non-hydrogen) atoms. The van der Waals surface area contributed by atoms with Gasteiger partial charge in [0.05, 0.1) is 35.1 Å². The Bertz CT molecular complexity index is 1140. The molecule has 3 saturated carbocycles. The molecule has 5 fully saturated rings. The van der Waals surface area contributed by atoms with Crippen LogP contribution in [0.2, 0.25) is 0 Å². The van der Waals surface area contributed by atoms with E-state index in [4.69, 9.17) is 18.9 Å². The van der Waals surface area contributed by atoms with Crippen molar-refractivity contribution in [3.05, 3.63) is 11.6 Å². The van der Waals surface area contributed by atoms with Crippen LogP contribution in [0, 0.1) is 28.6 Å². The molecular formula is C35H56O7. The summed E-state index contributed by atoms with van der Waals surface area (Å²) in [6.45, 7) is 18.6. The molecule has 12 atom stereocenters. The van der Waals surface area contributed by atoms with Crippen LogP contribution in [0.25, 0.3) is 0 Å². The first-order valence-corrected chi connectivity index (χ1v) is 16.8. The molecule has 6 rings (SSSR count). The van der Waals surface area contributed by atoms with Crippen molar-refractivity contribution in [1.29, 1.82) is 0 Å². The Morgan fingerprint density at radius 1 is 0.929 bits per heavy atom. The first kappa shape index (κ1) is 31.2. The third-order valence-corrected chi connectivity index (χ3v) is 13.3. The van der Waals surface area contributed by atoms with E-state index in [-0.39, 0.29) is 47.3 Å². The molecule has 2 N–H and O–H groups in total. The van der Waals surface area contributed by atoms with Crippen LogP contribution in [0.4, 0.5) is 0 Å². The molecule has 0 bridgehead atoms. The molecule has 238 valence electrons. The zero-order chi connectivity index (χ0) is 30.7.